The van der Waals surface area contributed by atoms with E-state index in [1.807, 2.05) is 6.07 Å². The minimum atomic E-state index is -0.331. The Bertz CT molecular complexity index is 720. The molecule has 0 atom stereocenters. The Balaban J connectivity index is 2.20. The lowest BCUT2D eigenvalue weighted by atomic mass is 10.1. The number of phenolic OH excluding ortho intramolecular Hbond substituents is 1. The second-order valence-electron chi connectivity index (χ2n) is 4.72. The molecule has 1 amide bonds. The van der Waals surface area contributed by atoms with Gasteiger partial charge in [0.25, 0.3) is 5.91 Å². The monoisotopic (exact) mass is 281 g/mol. The fourth-order valence-electron chi connectivity index (χ4n) is 2.02. The third kappa shape index (κ3) is 3.12. The molecule has 2 aromatic carbocycles. The molecule has 0 saturated heterocycles. The molecule has 0 unspecified atom stereocenters. The van der Waals surface area contributed by atoms with E-state index in [-0.39, 0.29) is 22.9 Å². The van der Waals surface area contributed by atoms with E-state index in [9.17, 15) is 9.90 Å². The molecule has 0 bridgehead atoms. The van der Waals surface area contributed by atoms with Crippen LogP contribution in [-0.4, -0.2) is 23.0 Å². The standard InChI is InChI=1S/C16H15N3O2/c1-19(10-12-5-2-4-11(8-12)9-17)16(21)13-6-3-7-14(18)15(13)20/h2-8,20H,10,18H2,1H3. The van der Waals surface area contributed by atoms with Gasteiger partial charge in [-0.1, -0.05) is 18.2 Å². The Labute approximate surface area is 122 Å². The van der Waals surface area contributed by atoms with Gasteiger partial charge < -0.3 is 15.7 Å². The van der Waals surface area contributed by atoms with Crippen molar-refractivity contribution in [3.63, 3.8) is 0 Å². The van der Waals surface area contributed by atoms with Crippen molar-refractivity contribution in [3.05, 3.63) is 59.2 Å². The Morgan fingerprint density at radius 1 is 1.33 bits per heavy atom. The van der Waals surface area contributed by atoms with Crippen molar-refractivity contribution in [3.8, 4) is 11.8 Å². The van der Waals surface area contributed by atoms with Crippen molar-refractivity contribution in [2.24, 2.45) is 0 Å². The van der Waals surface area contributed by atoms with Gasteiger partial charge in [0.15, 0.2) is 5.75 Å². The fraction of sp³-hybridized carbons (Fsp3) is 0.125. The molecule has 5 nitrogen and oxygen atoms in total. The van der Waals surface area contributed by atoms with Crippen LogP contribution < -0.4 is 5.73 Å². The van der Waals surface area contributed by atoms with Crippen LogP contribution in [0.15, 0.2) is 42.5 Å². The summed E-state index contributed by atoms with van der Waals surface area (Å²) in [6, 6.07) is 13.8. The number of benzene rings is 2. The summed E-state index contributed by atoms with van der Waals surface area (Å²) in [5, 5.41) is 18.7. The van der Waals surface area contributed by atoms with E-state index in [1.54, 1.807) is 31.3 Å². The molecule has 2 rings (SSSR count). The highest BCUT2D eigenvalue weighted by atomic mass is 16.3. The molecular formula is C16H15N3O2. The molecule has 0 spiro atoms. The maximum absolute atomic E-state index is 12.3. The van der Waals surface area contributed by atoms with E-state index in [1.165, 1.54) is 17.0 Å². The second kappa shape index (κ2) is 5.97. The molecule has 5 heteroatoms. The highest BCUT2D eigenvalue weighted by molar-refractivity contribution is 5.98. The summed E-state index contributed by atoms with van der Waals surface area (Å²) in [6.07, 6.45) is 0. The lowest BCUT2D eigenvalue weighted by molar-refractivity contribution is 0.0782. The third-order valence-electron chi connectivity index (χ3n) is 3.12. The largest absolute Gasteiger partial charge is 0.505 e. The molecule has 0 heterocycles. The number of nitrogens with zero attached hydrogens (tertiary/aromatic N) is 2. The van der Waals surface area contributed by atoms with Crippen molar-refractivity contribution >= 4 is 11.6 Å². The van der Waals surface area contributed by atoms with Crippen LogP contribution in [0, 0.1) is 11.3 Å². The summed E-state index contributed by atoms with van der Waals surface area (Å²) in [6.45, 7) is 0.336. The fourth-order valence-corrected chi connectivity index (χ4v) is 2.02. The van der Waals surface area contributed by atoms with Gasteiger partial charge in [-0.05, 0) is 29.8 Å². The van der Waals surface area contributed by atoms with Crippen LogP contribution in [0.1, 0.15) is 21.5 Å². The molecule has 3 N–H and O–H groups in total. The first-order chi connectivity index (χ1) is 10.0. The zero-order valence-electron chi connectivity index (χ0n) is 11.6. The number of nitriles is 1. The molecule has 0 aliphatic heterocycles. The van der Waals surface area contributed by atoms with Crippen LogP contribution in [0.5, 0.6) is 5.75 Å². The van der Waals surface area contributed by atoms with E-state index in [4.69, 9.17) is 11.0 Å². The number of hydrogen-bond donors (Lipinski definition) is 2. The van der Waals surface area contributed by atoms with Crippen LogP contribution in [0.4, 0.5) is 5.69 Å². The third-order valence-corrected chi connectivity index (χ3v) is 3.12. The first-order valence-electron chi connectivity index (χ1n) is 6.35. The van der Waals surface area contributed by atoms with E-state index >= 15 is 0 Å². The quantitative estimate of drug-likeness (QED) is 0.666. The van der Waals surface area contributed by atoms with Gasteiger partial charge in [0.1, 0.15) is 0 Å². The van der Waals surface area contributed by atoms with Gasteiger partial charge in [-0.3, -0.25) is 4.79 Å². The molecule has 21 heavy (non-hydrogen) atoms. The Hall–Kier alpha value is -3.00. The molecule has 0 aliphatic rings. The Kier molecular flexibility index (Phi) is 4.10. The summed E-state index contributed by atoms with van der Waals surface area (Å²) in [5.41, 5.74) is 7.30. The van der Waals surface area contributed by atoms with Crippen LogP contribution >= 0.6 is 0 Å². The SMILES string of the molecule is CN(Cc1cccc(C#N)c1)C(=O)c1cccc(N)c1O. The number of anilines is 1. The highest BCUT2D eigenvalue weighted by Gasteiger charge is 2.17. The van der Waals surface area contributed by atoms with Gasteiger partial charge in [0.2, 0.25) is 0 Å². The van der Waals surface area contributed by atoms with E-state index < -0.39 is 0 Å². The summed E-state index contributed by atoms with van der Waals surface area (Å²) in [5.74, 6) is -0.540. The number of aromatic hydroxyl groups is 1. The van der Waals surface area contributed by atoms with Crippen molar-refractivity contribution in [1.29, 1.82) is 5.26 Å². The normalized spacial score (nSPS) is 9.90. The number of nitrogen functional groups attached to an aromatic ring is 1. The lowest BCUT2D eigenvalue weighted by Gasteiger charge is -2.18. The molecular weight excluding hydrogens is 266 g/mol. The molecule has 0 aromatic heterocycles. The number of carbonyl (C=O) groups is 1. The van der Waals surface area contributed by atoms with Crippen molar-refractivity contribution in [2.75, 3.05) is 12.8 Å². The van der Waals surface area contributed by atoms with E-state index in [0.29, 0.717) is 12.1 Å². The number of rotatable bonds is 3. The maximum atomic E-state index is 12.3. The van der Waals surface area contributed by atoms with Crippen LogP contribution in [0.3, 0.4) is 0 Å². The number of amides is 1. The minimum absolute atomic E-state index is 0.161. The number of para-hydroxylation sites is 1. The molecule has 0 saturated carbocycles. The smallest absolute Gasteiger partial charge is 0.257 e. The van der Waals surface area contributed by atoms with Gasteiger partial charge in [-0.2, -0.15) is 5.26 Å². The first kappa shape index (κ1) is 14.4. The van der Waals surface area contributed by atoms with Gasteiger partial charge in [0.05, 0.1) is 22.9 Å². The van der Waals surface area contributed by atoms with E-state index in [2.05, 4.69) is 6.07 Å². The average Bonchev–Trinajstić information content (AvgIpc) is 2.49. The number of phenols is 1. The zero-order valence-corrected chi connectivity index (χ0v) is 11.6. The Morgan fingerprint density at radius 3 is 2.76 bits per heavy atom. The first-order valence-corrected chi connectivity index (χ1v) is 6.35. The van der Waals surface area contributed by atoms with Crippen LogP contribution in [0.2, 0.25) is 0 Å². The molecule has 0 fully saturated rings. The lowest BCUT2D eigenvalue weighted by Crippen LogP contribution is -2.26. The minimum Gasteiger partial charge on any atom is -0.505 e. The van der Waals surface area contributed by atoms with Crippen LogP contribution in [0.25, 0.3) is 0 Å². The van der Waals surface area contributed by atoms with Gasteiger partial charge in [-0.25, -0.2) is 0 Å². The zero-order chi connectivity index (χ0) is 15.4. The van der Waals surface area contributed by atoms with Crippen molar-refractivity contribution < 1.29 is 9.90 Å². The van der Waals surface area contributed by atoms with Crippen molar-refractivity contribution in [1.82, 2.24) is 4.90 Å². The summed E-state index contributed by atoms with van der Waals surface area (Å²) >= 11 is 0. The maximum Gasteiger partial charge on any atom is 0.257 e. The molecule has 0 aliphatic carbocycles. The number of nitrogens with two attached hydrogens (primary N) is 1. The summed E-state index contributed by atoms with van der Waals surface area (Å²) < 4.78 is 0. The molecule has 106 valence electrons. The Morgan fingerprint density at radius 2 is 2.05 bits per heavy atom. The van der Waals surface area contributed by atoms with Crippen molar-refractivity contribution in [2.45, 2.75) is 6.54 Å². The number of carbonyl (C=O) groups excluding carboxylic acids is 1. The van der Waals surface area contributed by atoms with Gasteiger partial charge in [-0.15, -0.1) is 0 Å². The van der Waals surface area contributed by atoms with Gasteiger partial charge >= 0.3 is 0 Å². The second-order valence-corrected chi connectivity index (χ2v) is 4.72. The molecule has 2 aromatic rings. The highest BCUT2D eigenvalue weighted by Crippen LogP contribution is 2.25. The summed E-state index contributed by atoms with van der Waals surface area (Å²) in [7, 11) is 1.63. The van der Waals surface area contributed by atoms with Crippen LogP contribution in [-0.2, 0) is 6.54 Å². The average molecular weight is 281 g/mol. The predicted molar refractivity (Wildman–Crippen MR) is 79.5 cm³/mol. The summed E-state index contributed by atoms with van der Waals surface area (Å²) in [4.78, 5) is 13.8. The van der Waals surface area contributed by atoms with E-state index in [0.717, 1.165) is 5.56 Å². The molecule has 0 radical (unpaired) electrons. The van der Waals surface area contributed by atoms with Gasteiger partial charge in [0, 0.05) is 13.6 Å². The topological polar surface area (TPSA) is 90.4 Å². The predicted octanol–water partition coefficient (Wildman–Crippen LogP) is 2.12. The number of hydrogen-bond acceptors (Lipinski definition) is 4.